The van der Waals surface area contributed by atoms with Gasteiger partial charge >= 0.3 is 5.97 Å². The number of amides is 1. The molecule has 1 unspecified atom stereocenters. The molecule has 0 bridgehead atoms. The third kappa shape index (κ3) is 4.40. The summed E-state index contributed by atoms with van der Waals surface area (Å²) in [5.74, 6) is -1.85. The van der Waals surface area contributed by atoms with Gasteiger partial charge in [0.1, 0.15) is 11.5 Å². The standard InChI is InChI=1S/C28H25NO6/c1-17-8-4-5-9-20(17)25-24(26(31)21-10-6-7-11-22(21)34-2)27(32)28(33)29(25)19-14-12-18(13-15-19)16-23(30)35-3/h4-15,25,31H,16H2,1-3H3/b26-24+. The van der Waals surface area contributed by atoms with E-state index < -0.39 is 17.7 Å². The maximum Gasteiger partial charge on any atom is 0.309 e. The Morgan fingerprint density at radius 3 is 2.26 bits per heavy atom. The number of hydrogen-bond donors (Lipinski definition) is 1. The van der Waals surface area contributed by atoms with Gasteiger partial charge in [-0.25, -0.2) is 0 Å². The maximum absolute atomic E-state index is 13.3. The summed E-state index contributed by atoms with van der Waals surface area (Å²) in [6.07, 6.45) is 0.0879. The molecule has 4 rings (SSSR count). The monoisotopic (exact) mass is 471 g/mol. The van der Waals surface area contributed by atoms with Gasteiger partial charge in [0.15, 0.2) is 0 Å². The number of Topliss-reactive ketones (excluding diaryl/α,β-unsaturated/α-hetero) is 1. The highest BCUT2D eigenvalue weighted by atomic mass is 16.5. The third-order valence-corrected chi connectivity index (χ3v) is 6.08. The number of aryl methyl sites for hydroxylation is 1. The number of benzene rings is 3. The number of esters is 1. The van der Waals surface area contributed by atoms with Crippen molar-refractivity contribution in [2.24, 2.45) is 0 Å². The minimum absolute atomic E-state index is 0.0209. The highest BCUT2D eigenvalue weighted by Gasteiger charge is 2.47. The van der Waals surface area contributed by atoms with E-state index in [0.29, 0.717) is 28.1 Å². The zero-order chi connectivity index (χ0) is 25.1. The van der Waals surface area contributed by atoms with Gasteiger partial charge < -0.3 is 14.6 Å². The van der Waals surface area contributed by atoms with Crippen molar-refractivity contribution in [2.45, 2.75) is 19.4 Å². The van der Waals surface area contributed by atoms with Crippen LogP contribution in [0, 0.1) is 6.92 Å². The Balaban J connectivity index is 1.89. The number of nitrogens with zero attached hydrogens (tertiary/aromatic N) is 1. The number of rotatable bonds is 6. The van der Waals surface area contributed by atoms with Crippen LogP contribution in [0.2, 0.25) is 0 Å². The van der Waals surface area contributed by atoms with Crippen LogP contribution in [0.25, 0.3) is 5.76 Å². The molecule has 0 aliphatic carbocycles. The lowest BCUT2D eigenvalue weighted by atomic mass is 9.92. The molecule has 3 aromatic rings. The molecule has 0 aromatic heterocycles. The second-order valence-electron chi connectivity index (χ2n) is 8.15. The van der Waals surface area contributed by atoms with Crippen LogP contribution in [0.4, 0.5) is 5.69 Å². The van der Waals surface area contributed by atoms with Crippen LogP contribution in [0.15, 0.2) is 78.4 Å². The van der Waals surface area contributed by atoms with E-state index >= 15 is 0 Å². The number of methoxy groups -OCH3 is 2. The molecule has 1 fully saturated rings. The first kappa shape index (κ1) is 23.8. The Morgan fingerprint density at radius 1 is 0.943 bits per heavy atom. The number of hydrogen-bond acceptors (Lipinski definition) is 6. The molecular formula is C28H25NO6. The molecule has 1 heterocycles. The minimum atomic E-state index is -0.854. The summed E-state index contributed by atoms with van der Waals surface area (Å²) in [5, 5.41) is 11.3. The number of carbonyl (C=O) groups is 3. The fourth-order valence-electron chi connectivity index (χ4n) is 4.29. The number of ether oxygens (including phenoxy) is 2. The molecule has 1 aliphatic heterocycles. The molecular weight excluding hydrogens is 446 g/mol. The zero-order valence-corrected chi connectivity index (χ0v) is 19.6. The molecule has 0 spiro atoms. The predicted octanol–water partition coefficient (Wildman–Crippen LogP) is 4.35. The van der Waals surface area contributed by atoms with Gasteiger partial charge in [-0.15, -0.1) is 0 Å². The molecule has 0 radical (unpaired) electrons. The smallest absolute Gasteiger partial charge is 0.309 e. The lowest BCUT2D eigenvalue weighted by Gasteiger charge is -2.27. The fourth-order valence-corrected chi connectivity index (χ4v) is 4.29. The zero-order valence-electron chi connectivity index (χ0n) is 19.6. The topological polar surface area (TPSA) is 93.1 Å². The molecule has 1 amide bonds. The van der Waals surface area contributed by atoms with Crippen LogP contribution in [0.1, 0.15) is 28.3 Å². The Bertz CT molecular complexity index is 1330. The van der Waals surface area contributed by atoms with E-state index in [1.807, 2.05) is 31.2 Å². The summed E-state index contributed by atoms with van der Waals surface area (Å²) in [6, 6.07) is 20.1. The molecule has 35 heavy (non-hydrogen) atoms. The summed E-state index contributed by atoms with van der Waals surface area (Å²) in [4.78, 5) is 39.7. The first-order chi connectivity index (χ1) is 16.9. The van der Waals surface area contributed by atoms with Gasteiger partial charge in [-0.2, -0.15) is 0 Å². The van der Waals surface area contributed by atoms with E-state index in [2.05, 4.69) is 0 Å². The normalized spacial score (nSPS) is 16.9. The predicted molar refractivity (Wildman–Crippen MR) is 131 cm³/mol. The summed E-state index contributed by atoms with van der Waals surface area (Å²) in [6.45, 7) is 1.89. The average molecular weight is 472 g/mol. The van der Waals surface area contributed by atoms with Crippen molar-refractivity contribution in [3.05, 3.63) is 101 Å². The van der Waals surface area contributed by atoms with Gasteiger partial charge in [0, 0.05) is 5.69 Å². The Morgan fingerprint density at radius 2 is 1.60 bits per heavy atom. The van der Waals surface area contributed by atoms with Crippen molar-refractivity contribution < 1.29 is 29.0 Å². The lowest BCUT2D eigenvalue weighted by molar-refractivity contribution is -0.139. The average Bonchev–Trinajstić information content (AvgIpc) is 3.14. The van der Waals surface area contributed by atoms with Crippen LogP contribution < -0.4 is 9.64 Å². The Kier molecular flexibility index (Phi) is 6.68. The SMILES string of the molecule is COC(=O)Cc1ccc(N2C(=O)C(=O)/C(=C(/O)c3ccccc3OC)C2c2ccccc2C)cc1. The molecule has 1 atom stereocenters. The highest BCUT2D eigenvalue weighted by molar-refractivity contribution is 6.51. The number of para-hydroxylation sites is 1. The largest absolute Gasteiger partial charge is 0.507 e. The van der Waals surface area contributed by atoms with E-state index in [1.54, 1.807) is 48.5 Å². The first-order valence-electron chi connectivity index (χ1n) is 11.0. The van der Waals surface area contributed by atoms with Crippen molar-refractivity contribution in [2.75, 3.05) is 19.1 Å². The van der Waals surface area contributed by atoms with E-state index in [4.69, 9.17) is 9.47 Å². The molecule has 1 aliphatic rings. The van der Waals surface area contributed by atoms with Crippen molar-refractivity contribution in [1.82, 2.24) is 0 Å². The number of aliphatic hydroxyl groups is 1. The van der Waals surface area contributed by atoms with Crippen molar-refractivity contribution in [3.8, 4) is 5.75 Å². The fraction of sp³-hybridized carbons (Fsp3) is 0.179. The van der Waals surface area contributed by atoms with Gasteiger partial charge in [-0.05, 0) is 47.9 Å². The second-order valence-corrected chi connectivity index (χ2v) is 8.15. The number of carbonyl (C=O) groups excluding carboxylic acids is 3. The lowest BCUT2D eigenvalue weighted by Crippen LogP contribution is -2.29. The van der Waals surface area contributed by atoms with E-state index in [0.717, 1.165) is 5.56 Å². The van der Waals surface area contributed by atoms with E-state index in [-0.39, 0.29) is 23.7 Å². The first-order valence-corrected chi connectivity index (χ1v) is 11.0. The van der Waals surface area contributed by atoms with Gasteiger partial charge in [0.2, 0.25) is 0 Å². The maximum atomic E-state index is 13.3. The van der Waals surface area contributed by atoms with Gasteiger partial charge in [-0.3, -0.25) is 19.3 Å². The molecule has 7 nitrogen and oxygen atoms in total. The Labute approximate surface area is 203 Å². The van der Waals surface area contributed by atoms with Crippen LogP contribution in [-0.4, -0.2) is 37.0 Å². The summed E-state index contributed by atoms with van der Waals surface area (Å²) in [5.41, 5.74) is 3.04. The minimum Gasteiger partial charge on any atom is -0.507 e. The third-order valence-electron chi connectivity index (χ3n) is 6.08. The van der Waals surface area contributed by atoms with E-state index in [9.17, 15) is 19.5 Å². The molecule has 7 heteroatoms. The van der Waals surface area contributed by atoms with Crippen molar-refractivity contribution >= 4 is 29.1 Å². The highest BCUT2D eigenvalue weighted by Crippen LogP contribution is 2.44. The van der Waals surface area contributed by atoms with Crippen LogP contribution in [-0.2, 0) is 25.5 Å². The van der Waals surface area contributed by atoms with Gasteiger partial charge in [0.05, 0.1) is 37.8 Å². The Hall–Kier alpha value is -4.39. The summed E-state index contributed by atoms with van der Waals surface area (Å²) >= 11 is 0. The number of anilines is 1. The molecule has 0 saturated carbocycles. The molecule has 1 N–H and O–H groups in total. The van der Waals surface area contributed by atoms with Crippen LogP contribution in [0.5, 0.6) is 5.75 Å². The van der Waals surface area contributed by atoms with Gasteiger partial charge in [-0.1, -0.05) is 48.5 Å². The number of aliphatic hydroxyl groups excluding tert-OH is 1. The van der Waals surface area contributed by atoms with E-state index in [1.165, 1.54) is 19.1 Å². The second kappa shape index (κ2) is 9.85. The molecule has 3 aromatic carbocycles. The summed E-state index contributed by atoms with van der Waals surface area (Å²) < 4.78 is 10.1. The summed E-state index contributed by atoms with van der Waals surface area (Å²) in [7, 11) is 2.79. The van der Waals surface area contributed by atoms with Crippen LogP contribution >= 0.6 is 0 Å². The molecule has 178 valence electrons. The molecule has 1 saturated heterocycles. The van der Waals surface area contributed by atoms with Gasteiger partial charge in [0.25, 0.3) is 11.7 Å². The number of ketones is 1. The quantitative estimate of drug-likeness (QED) is 0.249. The van der Waals surface area contributed by atoms with Crippen molar-refractivity contribution in [1.29, 1.82) is 0 Å². The van der Waals surface area contributed by atoms with Crippen LogP contribution in [0.3, 0.4) is 0 Å². The van der Waals surface area contributed by atoms with Crippen molar-refractivity contribution in [3.63, 3.8) is 0 Å².